The van der Waals surface area contributed by atoms with Crippen molar-refractivity contribution < 1.29 is 23.0 Å². The summed E-state index contributed by atoms with van der Waals surface area (Å²) in [6, 6.07) is 5.86. The molecule has 0 aliphatic heterocycles. The van der Waals surface area contributed by atoms with Crippen LogP contribution in [0.5, 0.6) is 0 Å². The lowest BCUT2D eigenvalue weighted by molar-refractivity contribution is -0.105. The molecular weight excluding hydrogens is 317 g/mol. The van der Waals surface area contributed by atoms with E-state index < -0.39 is 12.0 Å². The minimum absolute atomic E-state index is 0.0113. The fourth-order valence-corrected chi connectivity index (χ4v) is 2.96. The molecule has 5 heteroatoms. The Balaban J connectivity index is 2.14. The Morgan fingerprint density at radius 3 is 2.21 bits per heavy atom. The fraction of sp³-hybridized carbons (Fsp3) is 0.579. The third-order valence-electron chi connectivity index (χ3n) is 4.54. The first kappa shape index (κ1) is 18.8. The summed E-state index contributed by atoms with van der Waals surface area (Å²) < 4.78 is 45.5. The van der Waals surface area contributed by atoms with Crippen LogP contribution in [0.25, 0.3) is 5.57 Å². The van der Waals surface area contributed by atoms with Crippen molar-refractivity contribution in [2.75, 3.05) is 0 Å². The molecule has 2 nitrogen and oxygen atoms in total. The quantitative estimate of drug-likeness (QED) is 0.692. The van der Waals surface area contributed by atoms with Gasteiger partial charge in [-0.2, -0.15) is 0 Å². The van der Waals surface area contributed by atoms with Crippen LogP contribution in [0.2, 0.25) is 0 Å². The first-order valence-corrected chi connectivity index (χ1v) is 8.38. The number of halogens is 3. The van der Waals surface area contributed by atoms with E-state index in [9.17, 15) is 18.3 Å². The van der Waals surface area contributed by atoms with Crippen LogP contribution in [-0.4, -0.2) is 23.2 Å². The SMILES string of the molecule is C/C(=C(/O)C(OC1CCC(F)(F)CC1)C(C)C)c1ccc(F)cc1. The van der Waals surface area contributed by atoms with E-state index in [0.29, 0.717) is 24.0 Å². The van der Waals surface area contributed by atoms with Crippen LogP contribution >= 0.6 is 0 Å². The van der Waals surface area contributed by atoms with Gasteiger partial charge in [-0.05, 0) is 49.0 Å². The lowest BCUT2D eigenvalue weighted by Gasteiger charge is -2.33. The van der Waals surface area contributed by atoms with E-state index in [1.54, 1.807) is 19.1 Å². The number of benzene rings is 1. The summed E-state index contributed by atoms with van der Waals surface area (Å²) >= 11 is 0. The molecule has 0 saturated heterocycles. The molecule has 1 aliphatic rings. The molecule has 1 aromatic rings. The minimum Gasteiger partial charge on any atom is -0.509 e. The molecule has 0 radical (unpaired) electrons. The van der Waals surface area contributed by atoms with Gasteiger partial charge in [0.1, 0.15) is 17.7 Å². The standard InChI is InChI=1S/C19H25F3O2/c1-12(2)18(24-16-8-10-19(21,22)11-9-16)17(23)13(3)14-4-6-15(20)7-5-14/h4-7,12,16,18,23H,8-11H2,1-3H3/b17-13-. The van der Waals surface area contributed by atoms with Gasteiger partial charge in [0.2, 0.25) is 5.92 Å². The van der Waals surface area contributed by atoms with Crippen LogP contribution in [0.3, 0.4) is 0 Å². The second kappa shape index (κ2) is 7.60. The molecule has 0 aromatic heterocycles. The number of alkyl halides is 2. The number of allylic oxidation sites excluding steroid dienone is 1. The van der Waals surface area contributed by atoms with Crippen molar-refractivity contribution in [2.24, 2.45) is 5.92 Å². The van der Waals surface area contributed by atoms with E-state index >= 15 is 0 Å². The van der Waals surface area contributed by atoms with Crippen molar-refractivity contribution in [1.29, 1.82) is 0 Å². The zero-order valence-corrected chi connectivity index (χ0v) is 14.4. The number of ether oxygens (including phenoxy) is 1. The molecule has 1 aromatic carbocycles. The number of rotatable bonds is 5. The summed E-state index contributed by atoms with van der Waals surface area (Å²) in [6.45, 7) is 5.57. The number of aliphatic hydroxyl groups excluding tert-OH is 1. The fourth-order valence-electron chi connectivity index (χ4n) is 2.96. The van der Waals surface area contributed by atoms with Gasteiger partial charge in [-0.3, -0.25) is 0 Å². The maximum absolute atomic E-state index is 13.3. The lowest BCUT2D eigenvalue weighted by Crippen LogP contribution is -2.34. The van der Waals surface area contributed by atoms with E-state index in [-0.39, 0.29) is 36.4 Å². The summed E-state index contributed by atoms with van der Waals surface area (Å²) in [5.74, 6) is -2.88. The highest BCUT2D eigenvalue weighted by Crippen LogP contribution is 2.36. The molecule has 1 fully saturated rings. The van der Waals surface area contributed by atoms with Gasteiger partial charge < -0.3 is 9.84 Å². The third kappa shape index (κ3) is 4.76. The Morgan fingerprint density at radius 1 is 1.17 bits per heavy atom. The predicted molar refractivity (Wildman–Crippen MR) is 88.5 cm³/mol. The van der Waals surface area contributed by atoms with E-state index in [1.807, 2.05) is 13.8 Å². The summed E-state index contributed by atoms with van der Waals surface area (Å²) in [7, 11) is 0. The third-order valence-corrected chi connectivity index (χ3v) is 4.54. The monoisotopic (exact) mass is 342 g/mol. The lowest BCUT2D eigenvalue weighted by atomic mass is 9.93. The Labute approximate surface area is 141 Å². The molecule has 0 heterocycles. The highest BCUT2D eigenvalue weighted by Gasteiger charge is 2.37. The van der Waals surface area contributed by atoms with Crippen molar-refractivity contribution in [1.82, 2.24) is 0 Å². The van der Waals surface area contributed by atoms with Gasteiger partial charge in [0.15, 0.2) is 0 Å². The van der Waals surface area contributed by atoms with Crippen LogP contribution in [0.15, 0.2) is 30.0 Å². The van der Waals surface area contributed by atoms with Gasteiger partial charge in [-0.15, -0.1) is 0 Å². The van der Waals surface area contributed by atoms with Gasteiger partial charge in [0.05, 0.1) is 6.10 Å². The van der Waals surface area contributed by atoms with Gasteiger partial charge >= 0.3 is 0 Å². The van der Waals surface area contributed by atoms with Crippen molar-refractivity contribution in [3.8, 4) is 0 Å². The summed E-state index contributed by atoms with van der Waals surface area (Å²) in [5, 5.41) is 10.6. The van der Waals surface area contributed by atoms with Crippen LogP contribution in [0.4, 0.5) is 13.2 Å². The van der Waals surface area contributed by atoms with Crippen molar-refractivity contribution >= 4 is 5.57 Å². The first-order valence-electron chi connectivity index (χ1n) is 8.38. The molecular formula is C19H25F3O2. The topological polar surface area (TPSA) is 29.5 Å². The van der Waals surface area contributed by atoms with Gasteiger partial charge in [-0.1, -0.05) is 26.0 Å². The predicted octanol–water partition coefficient (Wildman–Crippen LogP) is 5.73. The second-order valence-corrected chi connectivity index (χ2v) is 6.87. The van der Waals surface area contributed by atoms with Crippen molar-refractivity contribution in [2.45, 2.75) is 64.6 Å². The zero-order chi connectivity index (χ0) is 17.9. The normalized spacial score (nSPS) is 20.8. The van der Waals surface area contributed by atoms with Gasteiger partial charge in [-0.25, -0.2) is 13.2 Å². The first-order chi connectivity index (χ1) is 11.2. The molecule has 0 bridgehead atoms. The van der Waals surface area contributed by atoms with Crippen LogP contribution in [0.1, 0.15) is 52.0 Å². The van der Waals surface area contributed by atoms with Crippen LogP contribution in [0, 0.1) is 11.7 Å². The molecule has 1 atom stereocenters. The molecule has 134 valence electrons. The molecule has 1 aliphatic carbocycles. The number of hydrogen-bond donors (Lipinski definition) is 1. The molecule has 2 rings (SSSR count). The summed E-state index contributed by atoms with van der Waals surface area (Å²) in [6.07, 6.45) is -0.613. The van der Waals surface area contributed by atoms with Gasteiger partial charge in [0.25, 0.3) is 0 Å². The van der Waals surface area contributed by atoms with E-state index in [0.717, 1.165) is 0 Å². The van der Waals surface area contributed by atoms with E-state index in [4.69, 9.17) is 4.74 Å². The highest BCUT2D eigenvalue weighted by molar-refractivity contribution is 5.66. The molecule has 1 N–H and O–H groups in total. The summed E-state index contributed by atoms with van der Waals surface area (Å²) in [4.78, 5) is 0. The molecule has 0 spiro atoms. The van der Waals surface area contributed by atoms with E-state index in [1.165, 1.54) is 12.1 Å². The molecule has 24 heavy (non-hydrogen) atoms. The molecule has 1 unspecified atom stereocenters. The van der Waals surface area contributed by atoms with Crippen LogP contribution in [-0.2, 0) is 4.74 Å². The minimum atomic E-state index is -2.60. The Bertz CT molecular complexity index is 569. The van der Waals surface area contributed by atoms with Crippen molar-refractivity contribution in [3.63, 3.8) is 0 Å². The molecule has 0 amide bonds. The average Bonchev–Trinajstić information content (AvgIpc) is 2.53. The largest absolute Gasteiger partial charge is 0.509 e. The smallest absolute Gasteiger partial charge is 0.248 e. The number of aliphatic hydroxyl groups is 1. The molecule has 1 saturated carbocycles. The Hall–Kier alpha value is -1.49. The maximum atomic E-state index is 13.3. The second-order valence-electron chi connectivity index (χ2n) is 6.87. The van der Waals surface area contributed by atoms with E-state index in [2.05, 4.69) is 0 Å². The summed E-state index contributed by atoms with van der Waals surface area (Å²) in [5.41, 5.74) is 1.31. The van der Waals surface area contributed by atoms with Crippen molar-refractivity contribution in [3.05, 3.63) is 41.4 Å². The number of hydrogen-bond acceptors (Lipinski definition) is 2. The van der Waals surface area contributed by atoms with Gasteiger partial charge in [0, 0.05) is 12.8 Å². The Kier molecular flexibility index (Phi) is 5.97. The maximum Gasteiger partial charge on any atom is 0.248 e. The van der Waals surface area contributed by atoms with Crippen LogP contribution < -0.4 is 0 Å². The average molecular weight is 342 g/mol. The zero-order valence-electron chi connectivity index (χ0n) is 14.4. The Morgan fingerprint density at radius 2 is 1.71 bits per heavy atom. The highest BCUT2D eigenvalue weighted by atomic mass is 19.3.